The average molecular weight is 677 g/mol. The summed E-state index contributed by atoms with van der Waals surface area (Å²) in [7, 11) is 0. The Labute approximate surface area is 268 Å². The van der Waals surface area contributed by atoms with Crippen LogP contribution in [0.2, 0.25) is 5.02 Å². The zero-order valence-corrected chi connectivity index (χ0v) is 25.3. The van der Waals surface area contributed by atoms with Gasteiger partial charge in [-0.25, -0.2) is 24.3 Å². The molecule has 47 heavy (non-hydrogen) atoms. The largest absolute Gasteiger partial charge is 0.470 e. The molecule has 0 saturated carbocycles. The minimum atomic E-state index is -4.65. The number of imidazole rings is 1. The van der Waals surface area contributed by atoms with Crippen molar-refractivity contribution in [3.05, 3.63) is 70.5 Å². The highest BCUT2D eigenvalue weighted by Gasteiger charge is 2.35. The lowest BCUT2D eigenvalue weighted by atomic mass is 10.2. The molecule has 2 saturated heterocycles. The van der Waals surface area contributed by atoms with Gasteiger partial charge in [-0.2, -0.15) is 27.6 Å². The highest BCUT2D eigenvalue weighted by molar-refractivity contribution is 6.30. The number of rotatable bonds is 9. The van der Waals surface area contributed by atoms with Crippen molar-refractivity contribution in [2.24, 2.45) is 0 Å². The van der Waals surface area contributed by atoms with Crippen LogP contribution in [0.25, 0.3) is 22.6 Å². The van der Waals surface area contributed by atoms with Crippen molar-refractivity contribution in [2.45, 2.75) is 38.4 Å². The van der Waals surface area contributed by atoms with E-state index in [0.29, 0.717) is 62.6 Å². The normalized spacial score (nSPS) is 17.3. The summed E-state index contributed by atoms with van der Waals surface area (Å²) in [5.41, 5.74) is 1.59. The molecule has 4 aromatic heterocycles. The number of anilines is 1. The van der Waals surface area contributed by atoms with Gasteiger partial charge in [0.15, 0.2) is 11.5 Å². The third-order valence-corrected chi connectivity index (χ3v) is 8.19. The van der Waals surface area contributed by atoms with Gasteiger partial charge in [-0.1, -0.05) is 17.7 Å². The van der Waals surface area contributed by atoms with Crippen molar-refractivity contribution in [1.82, 2.24) is 44.6 Å². The number of halogens is 6. The average Bonchev–Trinajstić information content (AvgIpc) is 3.65. The topological polar surface area (TPSA) is 123 Å². The first kappa shape index (κ1) is 31.1. The zero-order valence-electron chi connectivity index (χ0n) is 24.5. The number of piperazine rings is 1. The van der Waals surface area contributed by atoms with Gasteiger partial charge in [0.05, 0.1) is 25.4 Å². The summed E-state index contributed by atoms with van der Waals surface area (Å²) in [6.45, 7) is 3.70. The summed E-state index contributed by atoms with van der Waals surface area (Å²) >= 11 is 5.80. The smallest absolute Gasteiger partial charge is 0.451 e. The van der Waals surface area contributed by atoms with E-state index in [1.54, 1.807) is 6.07 Å². The molecule has 0 bridgehead atoms. The van der Waals surface area contributed by atoms with Crippen molar-refractivity contribution >= 4 is 28.7 Å². The van der Waals surface area contributed by atoms with Crippen LogP contribution in [0.3, 0.4) is 0 Å². The van der Waals surface area contributed by atoms with E-state index in [1.165, 1.54) is 18.3 Å². The number of aromatic nitrogens is 8. The van der Waals surface area contributed by atoms with Gasteiger partial charge in [0.1, 0.15) is 23.8 Å². The van der Waals surface area contributed by atoms with Gasteiger partial charge in [0.2, 0.25) is 17.6 Å². The van der Waals surface area contributed by atoms with Crippen LogP contribution in [0.4, 0.5) is 27.9 Å². The lowest BCUT2D eigenvalue weighted by molar-refractivity contribution is -0.144. The van der Waals surface area contributed by atoms with Gasteiger partial charge in [-0.05, 0) is 24.6 Å². The molecule has 2 aliphatic rings. The Morgan fingerprint density at radius 2 is 1.81 bits per heavy atom. The molecule has 18 heteroatoms. The lowest BCUT2D eigenvalue weighted by Gasteiger charge is -2.34. The summed E-state index contributed by atoms with van der Waals surface area (Å²) in [6, 6.07) is 5.75. The summed E-state index contributed by atoms with van der Waals surface area (Å²) in [5.74, 6) is -1.94. The molecule has 2 aliphatic heterocycles. The molecule has 0 aliphatic carbocycles. The minimum absolute atomic E-state index is 0.00930. The van der Waals surface area contributed by atoms with E-state index in [4.69, 9.17) is 26.1 Å². The Morgan fingerprint density at radius 3 is 2.51 bits per heavy atom. The van der Waals surface area contributed by atoms with Crippen molar-refractivity contribution in [3.63, 3.8) is 0 Å². The van der Waals surface area contributed by atoms with E-state index >= 15 is 0 Å². The van der Waals surface area contributed by atoms with Gasteiger partial charge in [0.25, 0.3) is 5.88 Å². The van der Waals surface area contributed by atoms with Crippen LogP contribution in [0.15, 0.2) is 36.7 Å². The van der Waals surface area contributed by atoms with Crippen LogP contribution in [-0.2, 0) is 30.6 Å². The van der Waals surface area contributed by atoms with Gasteiger partial charge >= 0.3 is 6.18 Å². The molecule has 2 fully saturated rings. The van der Waals surface area contributed by atoms with E-state index in [-0.39, 0.29) is 40.9 Å². The third-order valence-electron chi connectivity index (χ3n) is 7.95. The Morgan fingerprint density at radius 1 is 1.00 bits per heavy atom. The number of H-pyrrole nitrogens is 1. The number of ether oxygens (including phenoxy) is 2. The number of pyridine rings is 1. The van der Waals surface area contributed by atoms with Crippen LogP contribution in [0, 0.1) is 11.6 Å². The predicted octanol–water partition coefficient (Wildman–Crippen LogP) is 4.65. The quantitative estimate of drug-likeness (QED) is 0.221. The van der Waals surface area contributed by atoms with Crippen molar-refractivity contribution in [2.75, 3.05) is 37.7 Å². The Kier molecular flexibility index (Phi) is 8.36. The van der Waals surface area contributed by atoms with Crippen LogP contribution in [0.5, 0.6) is 5.88 Å². The minimum Gasteiger partial charge on any atom is -0.470 e. The standard InChI is InChI=1S/C29H26ClF5N10O2/c30-18-2-1-16(20(31)10-18)15-47-26-21(32)12-37-28(40-26)44-6-4-43(5-7-44)14-23-38-22-9-17(24-39-27(42-41-24)29(33,34)35)11-36-25(22)45(23)13-19-3-8-46-19/h1-2,9-12,19H,3-8,13-15H2,(H,39,41,42)/t19-/m0/s1. The van der Waals surface area contributed by atoms with Crippen molar-refractivity contribution in [1.29, 1.82) is 0 Å². The van der Waals surface area contributed by atoms with E-state index in [1.807, 2.05) is 14.6 Å². The summed E-state index contributed by atoms with van der Waals surface area (Å²) in [5, 5.41) is 5.87. The van der Waals surface area contributed by atoms with Crippen LogP contribution >= 0.6 is 11.6 Å². The number of hydrogen-bond acceptors (Lipinski definition) is 10. The fourth-order valence-electron chi connectivity index (χ4n) is 5.33. The lowest BCUT2D eigenvalue weighted by Crippen LogP contribution is -2.47. The molecule has 1 aromatic carbocycles. The highest BCUT2D eigenvalue weighted by Crippen LogP contribution is 2.29. The first-order chi connectivity index (χ1) is 22.6. The Bertz CT molecular complexity index is 1910. The molecule has 5 aromatic rings. The number of hydrogen-bond donors (Lipinski definition) is 1. The maximum absolute atomic E-state index is 14.5. The fourth-order valence-corrected chi connectivity index (χ4v) is 5.49. The van der Waals surface area contributed by atoms with Crippen molar-refractivity contribution < 1.29 is 31.4 Å². The van der Waals surface area contributed by atoms with Gasteiger partial charge in [-0.3, -0.25) is 10.00 Å². The first-order valence-electron chi connectivity index (χ1n) is 14.6. The van der Waals surface area contributed by atoms with E-state index in [9.17, 15) is 22.0 Å². The molecule has 7 rings (SSSR count). The first-order valence-corrected chi connectivity index (χ1v) is 15.0. The fraction of sp³-hybridized carbons (Fsp3) is 0.379. The predicted molar refractivity (Wildman–Crippen MR) is 157 cm³/mol. The summed E-state index contributed by atoms with van der Waals surface area (Å²) < 4.78 is 80.9. The molecule has 6 heterocycles. The molecule has 0 amide bonds. The van der Waals surface area contributed by atoms with Crippen LogP contribution in [-0.4, -0.2) is 83.5 Å². The number of nitrogens with one attached hydrogen (secondary N) is 1. The van der Waals surface area contributed by atoms with Gasteiger partial charge in [0, 0.05) is 55.1 Å². The molecule has 0 unspecified atom stereocenters. The number of nitrogens with zero attached hydrogens (tertiary/aromatic N) is 9. The number of alkyl halides is 3. The molecule has 1 N–H and O–H groups in total. The molecular formula is C29H26ClF5N10O2. The van der Waals surface area contributed by atoms with Gasteiger partial charge in [-0.15, -0.1) is 0 Å². The summed E-state index contributed by atoms with van der Waals surface area (Å²) in [4.78, 5) is 25.4. The van der Waals surface area contributed by atoms with Gasteiger partial charge < -0.3 is 18.9 Å². The number of fused-ring (bicyclic) bond motifs is 1. The van der Waals surface area contributed by atoms with Crippen LogP contribution in [0.1, 0.15) is 23.6 Å². The number of aromatic amines is 1. The maximum atomic E-state index is 14.5. The molecule has 0 spiro atoms. The third kappa shape index (κ3) is 6.68. The van der Waals surface area contributed by atoms with E-state index in [2.05, 4.69) is 29.9 Å². The molecule has 1 atom stereocenters. The van der Waals surface area contributed by atoms with Crippen molar-refractivity contribution in [3.8, 4) is 17.3 Å². The zero-order chi connectivity index (χ0) is 32.7. The molecule has 0 radical (unpaired) electrons. The molecule has 246 valence electrons. The van der Waals surface area contributed by atoms with Crippen LogP contribution < -0.4 is 9.64 Å². The monoisotopic (exact) mass is 676 g/mol. The summed E-state index contributed by atoms with van der Waals surface area (Å²) in [6.07, 6.45) is -1.29. The molecular weight excluding hydrogens is 651 g/mol. The highest BCUT2D eigenvalue weighted by atomic mass is 35.5. The SMILES string of the molecule is Fc1cc(Cl)ccc1COc1nc(N2CCN(Cc3nc4cc(-c5n[nH]c(C(F)(F)F)n5)cnc4n3C[C@@H]3CCO3)CC2)ncc1F. The second-order valence-electron chi connectivity index (χ2n) is 11.1. The maximum Gasteiger partial charge on any atom is 0.451 e. The second kappa shape index (κ2) is 12.6. The Hall–Kier alpha value is -4.48. The number of benzene rings is 1. The second-order valence-corrected chi connectivity index (χ2v) is 11.5. The molecule has 12 nitrogen and oxygen atoms in total. The van der Waals surface area contributed by atoms with E-state index < -0.39 is 23.6 Å². The Balaban J connectivity index is 1.04. The van der Waals surface area contributed by atoms with E-state index in [0.717, 1.165) is 24.5 Å².